The van der Waals surface area contributed by atoms with Gasteiger partial charge in [0, 0.05) is 24.7 Å². The number of H-pyrrole nitrogens is 1. The lowest BCUT2D eigenvalue weighted by molar-refractivity contribution is 0.0940. The third-order valence-electron chi connectivity index (χ3n) is 5.25. The number of aromatic amines is 1. The molecule has 0 radical (unpaired) electrons. The first kappa shape index (κ1) is 19.8. The van der Waals surface area contributed by atoms with Crippen molar-refractivity contribution >= 4 is 22.8 Å². The van der Waals surface area contributed by atoms with Crippen LogP contribution in [0.3, 0.4) is 0 Å². The molecule has 0 unspecified atom stereocenters. The van der Waals surface area contributed by atoms with Gasteiger partial charge in [-0.15, -0.1) is 6.58 Å². The molecule has 3 aromatic rings. The van der Waals surface area contributed by atoms with E-state index in [1.165, 1.54) is 6.07 Å². The van der Waals surface area contributed by atoms with Crippen LogP contribution in [0.4, 0.5) is 10.2 Å². The minimum absolute atomic E-state index is 0.0723. The number of aryl methyl sites for hydroxylation is 1. The molecule has 0 saturated carbocycles. The van der Waals surface area contributed by atoms with Gasteiger partial charge in [0.05, 0.1) is 28.0 Å². The van der Waals surface area contributed by atoms with Gasteiger partial charge in [-0.05, 0) is 38.5 Å². The van der Waals surface area contributed by atoms with Crippen LogP contribution in [-0.2, 0) is 0 Å². The van der Waals surface area contributed by atoms with Crippen molar-refractivity contribution in [3.05, 3.63) is 65.8 Å². The summed E-state index contributed by atoms with van der Waals surface area (Å²) >= 11 is 0. The Balaban J connectivity index is 1.88. The fourth-order valence-electron chi connectivity index (χ4n) is 3.77. The summed E-state index contributed by atoms with van der Waals surface area (Å²) in [6.45, 7) is 12.5. The van der Waals surface area contributed by atoms with Gasteiger partial charge >= 0.3 is 0 Å². The Morgan fingerprint density at radius 2 is 2.20 bits per heavy atom. The van der Waals surface area contributed by atoms with Crippen LogP contribution in [0, 0.1) is 12.7 Å². The van der Waals surface area contributed by atoms with E-state index in [4.69, 9.17) is 0 Å². The normalized spacial score (nSPS) is 15.6. The first-order valence-electron chi connectivity index (χ1n) is 9.86. The Kier molecular flexibility index (Phi) is 5.11. The Morgan fingerprint density at radius 3 is 2.93 bits per heavy atom. The van der Waals surface area contributed by atoms with Gasteiger partial charge in [-0.25, -0.2) is 14.4 Å². The smallest absolute Gasteiger partial charge is 0.253 e. The lowest BCUT2D eigenvalue weighted by Gasteiger charge is -2.21. The summed E-state index contributed by atoms with van der Waals surface area (Å²) in [5, 5.41) is 6.09. The summed E-state index contributed by atoms with van der Waals surface area (Å²) < 4.78 is 15.0. The van der Waals surface area contributed by atoms with Crippen LogP contribution >= 0.6 is 0 Å². The summed E-state index contributed by atoms with van der Waals surface area (Å²) in [5.74, 6) is 0.0593. The standard InChI is InChI=1S/C23H24FN5O/c1-5-6-14-11-26-23(30)15-9-18(28-20(14)15)19-16(24)7-8-17-21(19)29-22(13(4)27-17)25-10-12(2)3/h5,7-9,14,28H,1-2,6,10-11H2,3-4H3,(H,25,29)(H,26,30)/t14-/m0/s1. The maximum atomic E-state index is 15.0. The number of hydrogen-bond donors (Lipinski definition) is 3. The number of anilines is 1. The van der Waals surface area contributed by atoms with E-state index < -0.39 is 5.82 Å². The second kappa shape index (κ2) is 7.74. The number of benzene rings is 1. The predicted octanol–water partition coefficient (Wildman–Crippen LogP) is 4.46. The first-order valence-corrected chi connectivity index (χ1v) is 9.86. The third-order valence-corrected chi connectivity index (χ3v) is 5.25. The molecule has 1 aliphatic rings. The number of fused-ring (bicyclic) bond motifs is 2. The minimum Gasteiger partial charge on any atom is -0.365 e. The van der Waals surface area contributed by atoms with Crippen LogP contribution in [0.15, 0.2) is 43.0 Å². The molecule has 7 heteroatoms. The molecule has 0 spiro atoms. The first-order chi connectivity index (χ1) is 14.4. The maximum absolute atomic E-state index is 15.0. The lowest BCUT2D eigenvalue weighted by atomic mass is 9.94. The lowest BCUT2D eigenvalue weighted by Crippen LogP contribution is -2.34. The number of nitrogens with zero attached hydrogens (tertiary/aromatic N) is 2. The third kappa shape index (κ3) is 3.47. The summed E-state index contributed by atoms with van der Waals surface area (Å²) in [6.07, 6.45) is 2.53. The van der Waals surface area contributed by atoms with Crippen LogP contribution in [0.1, 0.15) is 41.0 Å². The molecule has 0 fully saturated rings. The number of hydrogen-bond acceptors (Lipinski definition) is 4. The highest BCUT2D eigenvalue weighted by Crippen LogP contribution is 2.35. The van der Waals surface area contributed by atoms with E-state index >= 15 is 4.39 Å². The van der Waals surface area contributed by atoms with E-state index in [2.05, 4.69) is 38.7 Å². The number of allylic oxidation sites excluding steroid dienone is 1. The SMILES string of the molecule is C=CC[C@H]1CNC(=O)c2cc(-c3c(F)ccc4nc(C)c(NCC(=C)C)nc34)[nH]c21. The van der Waals surface area contributed by atoms with Crippen LogP contribution in [0.25, 0.3) is 22.3 Å². The largest absolute Gasteiger partial charge is 0.365 e. The summed E-state index contributed by atoms with van der Waals surface area (Å²) in [7, 11) is 0. The Morgan fingerprint density at radius 1 is 1.40 bits per heavy atom. The average Bonchev–Trinajstić information content (AvgIpc) is 3.15. The molecule has 0 saturated heterocycles. The molecule has 4 rings (SSSR count). The highest BCUT2D eigenvalue weighted by molar-refractivity contribution is 6.00. The predicted molar refractivity (Wildman–Crippen MR) is 117 cm³/mol. The van der Waals surface area contributed by atoms with Crippen molar-refractivity contribution in [2.75, 3.05) is 18.4 Å². The summed E-state index contributed by atoms with van der Waals surface area (Å²) in [6, 6.07) is 4.70. The molecule has 1 aromatic carbocycles. The average molecular weight is 405 g/mol. The van der Waals surface area contributed by atoms with Crippen molar-refractivity contribution in [2.24, 2.45) is 0 Å². The maximum Gasteiger partial charge on any atom is 0.253 e. The van der Waals surface area contributed by atoms with Crippen LogP contribution in [0.2, 0.25) is 0 Å². The number of nitrogens with one attached hydrogen (secondary N) is 3. The number of rotatable bonds is 6. The van der Waals surface area contributed by atoms with Crippen LogP contribution in [-0.4, -0.2) is 33.9 Å². The molecule has 154 valence electrons. The molecular formula is C23H24FN5O. The van der Waals surface area contributed by atoms with Gasteiger partial charge in [-0.2, -0.15) is 0 Å². The second-order valence-electron chi connectivity index (χ2n) is 7.70. The van der Waals surface area contributed by atoms with E-state index in [-0.39, 0.29) is 11.8 Å². The van der Waals surface area contributed by atoms with Gasteiger partial charge in [-0.1, -0.05) is 18.2 Å². The molecule has 1 amide bonds. The van der Waals surface area contributed by atoms with Gasteiger partial charge in [0.1, 0.15) is 17.2 Å². The van der Waals surface area contributed by atoms with E-state index in [0.29, 0.717) is 53.2 Å². The topological polar surface area (TPSA) is 82.7 Å². The van der Waals surface area contributed by atoms with E-state index in [0.717, 1.165) is 17.0 Å². The van der Waals surface area contributed by atoms with Crippen LogP contribution in [0.5, 0.6) is 0 Å². The number of halogens is 1. The molecule has 1 aliphatic heterocycles. The molecule has 6 nitrogen and oxygen atoms in total. The molecule has 0 bridgehead atoms. The molecular weight excluding hydrogens is 381 g/mol. The highest BCUT2D eigenvalue weighted by Gasteiger charge is 2.28. The highest BCUT2D eigenvalue weighted by atomic mass is 19.1. The van der Waals surface area contributed by atoms with Gasteiger partial charge < -0.3 is 15.6 Å². The van der Waals surface area contributed by atoms with Crippen LogP contribution < -0.4 is 10.6 Å². The number of amides is 1. The van der Waals surface area contributed by atoms with E-state index in [1.807, 2.05) is 19.9 Å². The number of aromatic nitrogens is 3. The van der Waals surface area contributed by atoms with Gasteiger partial charge in [0.15, 0.2) is 0 Å². The quantitative estimate of drug-likeness (QED) is 0.529. The van der Waals surface area contributed by atoms with Gasteiger partial charge in [-0.3, -0.25) is 4.79 Å². The zero-order valence-electron chi connectivity index (χ0n) is 17.1. The Bertz CT molecular complexity index is 1180. The summed E-state index contributed by atoms with van der Waals surface area (Å²) in [5.41, 5.74) is 4.83. The molecule has 30 heavy (non-hydrogen) atoms. The van der Waals surface area contributed by atoms with Crippen molar-refractivity contribution in [3.8, 4) is 11.3 Å². The molecule has 1 atom stereocenters. The molecule has 3 heterocycles. The van der Waals surface area contributed by atoms with E-state index in [1.54, 1.807) is 12.1 Å². The fraction of sp³-hybridized carbons (Fsp3) is 0.261. The number of carbonyl (C=O) groups is 1. The minimum atomic E-state index is -0.425. The van der Waals surface area contributed by atoms with E-state index in [9.17, 15) is 4.79 Å². The Hall–Kier alpha value is -3.48. The van der Waals surface area contributed by atoms with Crippen molar-refractivity contribution in [1.29, 1.82) is 0 Å². The molecule has 3 N–H and O–H groups in total. The fourth-order valence-corrected chi connectivity index (χ4v) is 3.77. The zero-order chi connectivity index (χ0) is 21.4. The van der Waals surface area contributed by atoms with Crippen molar-refractivity contribution < 1.29 is 9.18 Å². The molecule has 2 aromatic heterocycles. The second-order valence-corrected chi connectivity index (χ2v) is 7.70. The van der Waals surface area contributed by atoms with Crippen molar-refractivity contribution in [2.45, 2.75) is 26.2 Å². The van der Waals surface area contributed by atoms with Crippen molar-refractivity contribution in [1.82, 2.24) is 20.3 Å². The zero-order valence-corrected chi connectivity index (χ0v) is 17.1. The van der Waals surface area contributed by atoms with Crippen molar-refractivity contribution in [3.63, 3.8) is 0 Å². The van der Waals surface area contributed by atoms with Gasteiger partial charge in [0.2, 0.25) is 0 Å². The monoisotopic (exact) mass is 405 g/mol. The Labute approximate surface area is 174 Å². The number of carbonyl (C=O) groups excluding carboxylic acids is 1. The molecule has 0 aliphatic carbocycles. The summed E-state index contributed by atoms with van der Waals surface area (Å²) in [4.78, 5) is 24.9. The van der Waals surface area contributed by atoms with Gasteiger partial charge in [0.25, 0.3) is 5.91 Å².